The number of sulfonamides is 1. The number of hydrogen-bond acceptors (Lipinski definition) is 5. The van der Waals surface area contributed by atoms with Crippen LogP contribution in [0.15, 0.2) is 65.1 Å². The average Bonchev–Trinajstić information content (AvgIpc) is 3.73. The standard InChI is InChI=1S/C31H34FN3O5S/c1-4-22(15-16-33)35(41(3,37)38)27-18-28-26(17-25(27)19-5-6-19)29(31(36)34-2)30(40-28)20-7-11-23(12-8-20)39-24-13-9-21(32)10-14-24/h7-14,17-19,22H,4-6,15-16,33H2,1-3H3,(H,34,36)/p+1. The molecule has 1 unspecified atom stereocenters. The molecule has 0 radical (unpaired) electrons. The summed E-state index contributed by atoms with van der Waals surface area (Å²) in [6.07, 6.45) is 4.42. The molecule has 4 N–H and O–H groups in total. The van der Waals surface area contributed by atoms with Crippen LogP contribution in [0.5, 0.6) is 11.5 Å². The van der Waals surface area contributed by atoms with E-state index < -0.39 is 10.0 Å². The number of amides is 1. The van der Waals surface area contributed by atoms with Gasteiger partial charge in [-0.1, -0.05) is 6.92 Å². The minimum absolute atomic E-state index is 0.217. The fourth-order valence-electron chi connectivity index (χ4n) is 5.30. The summed E-state index contributed by atoms with van der Waals surface area (Å²) in [5.41, 5.74) is 6.95. The highest BCUT2D eigenvalue weighted by Crippen LogP contribution is 2.48. The molecule has 8 nitrogen and oxygen atoms in total. The normalized spacial score (nSPS) is 14.2. The van der Waals surface area contributed by atoms with Gasteiger partial charge in [0, 0.05) is 30.5 Å². The summed E-state index contributed by atoms with van der Waals surface area (Å²) >= 11 is 0. The van der Waals surface area contributed by atoms with Gasteiger partial charge in [-0.15, -0.1) is 0 Å². The van der Waals surface area contributed by atoms with Crippen LogP contribution < -0.4 is 20.1 Å². The highest BCUT2D eigenvalue weighted by atomic mass is 32.2. The van der Waals surface area contributed by atoms with Gasteiger partial charge in [0.1, 0.15) is 28.7 Å². The van der Waals surface area contributed by atoms with Crippen molar-refractivity contribution in [1.29, 1.82) is 0 Å². The number of quaternary nitrogens is 1. The Morgan fingerprint density at radius 3 is 2.29 bits per heavy atom. The van der Waals surface area contributed by atoms with E-state index in [2.05, 4.69) is 11.1 Å². The number of carbonyl (C=O) groups is 1. The van der Waals surface area contributed by atoms with E-state index in [9.17, 15) is 17.6 Å². The summed E-state index contributed by atoms with van der Waals surface area (Å²) in [6.45, 7) is 2.59. The minimum atomic E-state index is -3.61. The minimum Gasteiger partial charge on any atom is -0.457 e. The Bertz CT molecular complexity index is 1660. The van der Waals surface area contributed by atoms with Gasteiger partial charge in [-0.05, 0) is 85.3 Å². The molecule has 1 heterocycles. The van der Waals surface area contributed by atoms with E-state index in [1.165, 1.54) is 22.7 Å². The van der Waals surface area contributed by atoms with Crippen LogP contribution in [0, 0.1) is 5.82 Å². The number of nitrogens with one attached hydrogen (secondary N) is 1. The van der Waals surface area contributed by atoms with Crippen LogP contribution in [0.3, 0.4) is 0 Å². The molecule has 1 saturated carbocycles. The predicted octanol–water partition coefficient (Wildman–Crippen LogP) is 5.44. The predicted molar refractivity (Wildman–Crippen MR) is 157 cm³/mol. The fourth-order valence-corrected chi connectivity index (χ4v) is 6.61. The second kappa shape index (κ2) is 11.5. The SMILES string of the molecule is CCC(CC[NH3+])N(c1cc2oc(-c3ccc(Oc4ccc(F)cc4)cc3)c(C(=O)NC)c2cc1C1CC1)S(C)(=O)=O. The van der Waals surface area contributed by atoms with E-state index in [-0.39, 0.29) is 23.7 Å². The van der Waals surface area contributed by atoms with Crippen molar-refractivity contribution in [2.45, 2.75) is 44.6 Å². The Kier molecular flexibility index (Phi) is 8.06. The first kappa shape index (κ1) is 28.6. The van der Waals surface area contributed by atoms with E-state index in [1.807, 2.05) is 13.0 Å². The molecule has 5 rings (SSSR count). The number of fused-ring (bicyclic) bond motifs is 1. The topological polar surface area (TPSA) is 116 Å². The zero-order valence-electron chi connectivity index (χ0n) is 23.4. The van der Waals surface area contributed by atoms with Gasteiger partial charge in [-0.2, -0.15) is 0 Å². The maximum atomic E-state index is 13.2. The van der Waals surface area contributed by atoms with Crippen LogP contribution in [-0.2, 0) is 10.0 Å². The number of ether oxygens (including phenoxy) is 1. The van der Waals surface area contributed by atoms with Crippen LogP contribution in [0.1, 0.15) is 54.4 Å². The second-order valence-electron chi connectivity index (χ2n) is 10.4. The molecule has 0 spiro atoms. The lowest BCUT2D eigenvalue weighted by atomic mass is 9.99. The first-order chi connectivity index (χ1) is 19.6. The van der Waals surface area contributed by atoms with Crippen molar-refractivity contribution >= 4 is 32.6 Å². The highest BCUT2D eigenvalue weighted by Gasteiger charge is 2.35. The molecule has 4 aromatic rings. The zero-order valence-corrected chi connectivity index (χ0v) is 24.3. The van der Waals surface area contributed by atoms with Gasteiger partial charge in [-0.3, -0.25) is 9.10 Å². The van der Waals surface area contributed by atoms with E-state index >= 15 is 0 Å². The third-order valence-electron chi connectivity index (χ3n) is 7.41. The molecular weight excluding hydrogens is 545 g/mol. The Morgan fingerprint density at radius 2 is 1.76 bits per heavy atom. The van der Waals surface area contributed by atoms with Crippen LogP contribution in [0.25, 0.3) is 22.3 Å². The summed E-state index contributed by atoms with van der Waals surface area (Å²) in [7, 11) is -2.04. The Balaban J connectivity index is 1.63. The van der Waals surface area contributed by atoms with Crippen molar-refractivity contribution in [3.8, 4) is 22.8 Å². The Morgan fingerprint density at radius 1 is 1.12 bits per heavy atom. The van der Waals surface area contributed by atoms with Crippen LogP contribution in [0.2, 0.25) is 0 Å². The molecular formula is C31H35FN3O5S+. The van der Waals surface area contributed by atoms with E-state index in [0.717, 1.165) is 18.4 Å². The van der Waals surface area contributed by atoms with Crippen molar-refractivity contribution in [3.63, 3.8) is 0 Å². The molecule has 1 atom stereocenters. The number of furan rings is 1. The van der Waals surface area contributed by atoms with Gasteiger partial charge >= 0.3 is 0 Å². The molecule has 0 bridgehead atoms. The van der Waals surface area contributed by atoms with Crippen molar-refractivity contribution < 1.29 is 32.5 Å². The van der Waals surface area contributed by atoms with Crippen LogP contribution in [0.4, 0.5) is 10.1 Å². The maximum absolute atomic E-state index is 13.2. The monoisotopic (exact) mass is 580 g/mol. The third-order valence-corrected chi connectivity index (χ3v) is 8.62. The molecule has 41 heavy (non-hydrogen) atoms. The Labute approximate surface area is 239 Å². The summed E-state index contributed by atoms with van der Waals surface area (Å²) in [6, 6.07) is 16.3. The smallest absolute Gasteiger partial charge is 0.255 e. The summed E-state index contributed by atoms with van der Waals surface area (Å²) < 4.78 is 53.2. The van der Waals surface area contributed by atoms with Crippen LogP contribution >= 0.6 is 0 Å². The molecule has 1 amide bonds. The quantitative estimate of drug-likeness (QED) is 0.245. The van der Waals surface area contributed by atoms with Crippen LogP contribution in [-0.4, -0.2) is 40.2 Å². The lowest BCUT2D eigenvalue weighted by Gasteiger charge is -2.32. The highest BCUT2D eigenvalue weighted by molar-refractivity contribution is 7.92. The molecule has 3 aromatic carbocycles. The molecule has 10 heteroatoms. The number of benzene rings is 3. The fraction of sp³-hybridized carbons (Fsp3) is 0.323. The van der Waals surface area contributed by atoms with Gasteiger partial charge in [0.25, 0.3) is 5.91 Å². The van der Waals surface area contributed by atoms with Gasteiger partial charge in [0.15, 0.2) is 0 Å². The number of nitrogens with zero attached hydrogens (tertiary/aromatic N) is 1. The lowest BCUT2D eigenvalue weighted by molar-refractivity contribution is -0.368. The largest absolute Gasteiger partial charge is 0.457 e. The first-order valence-electron chi connectivity index (χ1n) is 13.8. The average molecular weight is 581 g/mol. The van der Waals surface area contributed by atoms with Gasteiger partial charge in [-0.25, -0.2) is 12.8 Å². The second-order valence-corrected chi connectivity index (χ2v) is 12.3. The molecule has 0 aliphatic heterocycles. The summed E-state index contributed by atoms with van der Waals surface area (Å²) in [5.74, 6) is 0.977. The molecule has 1 aliphatic rings. The van der Waals surface area contributed by atoms with Crippen molar-refractivity contribution in [2.24, 2.45) is 0 Å². The zero-order chi connectivity index (χ0) is 29.3. The molecule has 216 valence electrons. The van der Waals surface area contributed by atoms with Gasteiger partial charge in [0.2, 0.25) is 10.0 Å². The number of anilines is 1. The van der Waals surface area contributed by atoms with E-state index in [4.69, 9.17) is 9.15 Å². The maximum Gasteiger partial charge on any atom is 0.255 e. The summed E-state index contributed by atoms with van der Waals surface area (Å²) in [4.78, 5) is 13.2. The van der Waals surface area contributed by atoms with Crippen molar-refractivity contribution in [2.75, 3.05) is 24.2 Å². The van der Waals surface area contributed by atoms with Gasteiger partial charge in [0.05, 0.1) is 30.1 Å². The van der Waals surface area contributed by atoms with Crippen molar-refractivity contribution in [3.05, 3.63) is 77.6 Å². The lowest BCUT2D eigenvalue weighted by Crippen LogP contribution is -2.53. The van der Waals surface area contributed by atoms with E-state index in [1.54, 1.807) is 49.5 Å². The summed E-state index contributed by atoms with van der Waals surface area (Å²) in [5, 5.41) is 3.36. The van der Waals surface area contributed by atoms with E-state index in [0.29, 0.717) is 64.4 Å². The number of halogens is 1. The molecule has 1 aliphatic carbocycles. The number of hydrogen-bond donors (Lipinski definition) is 2. The Hall–Kier alpha value is -3.89. The van der Waals surface area contributed by atoms with Gasteiger partial charge < -0.3 is 20.2 Å². The molecule has 1 fully saturated rings. The first-order valence-corrected chi connectivity index (χ1v) is 15.6. The van der Waals surface area contributed by atoms with Crippen molar-refractivity contribution in [1.82, 2.24) is 5.32 Å². The molecule has 1 aromatic heterocycles. The number of carbonyl (C=O) groups excluding carboxylic acids is 1. The molecule has 0 saturated heterocycles. The third kappa shape index (κ3) is 5.94. The number of rotatable bonds is 11.